The van der Waals surface area contributed by atoms with Gasteiger partial charge in [0.1, 0.15) is 10.8 Å². The monoisotopic (exact) mass is 427 g/mol. The number of para-hydroxylation sites is 1. The van der Waals surface area contributed by atoms with Gasteiger partial charge in [0.15, 0.2) is 17.3 Å². The molecule has 156 valence electrons. The molecule has 1 N–H and O–H groups in total. The van der Waals surface area contributed by atoms with E-state index in [2.05, 4.69) is 15.3 Å². The number of nitrogens with zero attached hydrogens (tertiary/aromatic N) is 2. The normalized spacial score (nSPS) is 10.5. The minimum atomic E-state index is -0.348. The zero-order valence-electron chi connectivity index (χ0n) is 16.9. The fourth-order valence-corrected chi connectivity index (χ4v) is 3.63. The van der Waals surface area contributed by atoms with Crippen LogP contribution in [0.1, 0.15) is 11.3 Å². The van der Waals surface area contributed by atoms with Gasteiger partial charge in [-0.3, -0.25) is 4.79 Å². The fourth-order valence-electron chi connectivity index (χ4n) is 2.85. The summed E-state index contributed by atoms with van der Waals surface area (Å²) in [5.41, 5.74) is 2.16. The molecule has 0 fully saturated rings. The quantitative estimate of drug-likeness (QED) is 0.432. The summed E-state index contributed by atoms with van der Waals surface area (Å²) in [6, 6.07) is 13.4. The number of carbonyl (C=O) groups is 1. The number of methoxy groups -OCH3 is 2. The second-order valence-electron chi connectivity index (χ2n) is 6.40. The van der Waals surface area contributed by atoms with Crippen molar-refractivity contribution < 1.29 is 18.7 Å². The maximum Gasteiger partial charge on any atom is 0.230 e. The molecule has 0 saturated heterocycles. The number of aromatic nitrogens is 2. The zero-order valence-corrected chi connectivity index (χ0v) is 17.8. The lowest BCUT2D eigenvalue weighted by molar-refractivity contribution is -0.118. The van der Waals surface area contributed by atoms with E-state index in [9.17, 15) is 9.18 Å². The first-order valence-corrected chi connectivity index (χ1v) is 10.2. The van der Waals surface area contributed by atoms with Crippen molar-refractivity contribution in [3.63, 3.8) is 0 Å². The minimum Gasteiger partial charge on any atom is -0.493 e. The Labute approximate surface area is 178 Å². The third-order valence-electron chi connectivity index (χ3n) is 4.23. The molecule has 6 nitrogen and oxygen atoms in total. The average Bonchev–Trinajstić information content (AvgIpc) is 2.75. The van der Waals surface area contributed by atoms with Gasteiger partial charge >= 0.3 is 0 Å². The molecule has 0 aliphatic rings. The Morgan fingerprint density at radius 2 is 1.90 bits per heavy atom. The van der Waals surface area contributed by atoms with Gasteiger partial charge in [0.05, 0.1) is 20.0 Å². The topological polar surface area (TPSA) is 73.3 Å². The molecule has 0 saturated carbocycles. The van der Waals surface area contributed by atoms with Crippen molar-refractivity contribution >= 4 is 17.7 Å². The molecular weight excluding hydrogens is 405 g/mol. The molecule has 0 bridgehead atoms. The molecule has 0 spiro atoms. The van der Waals surface area contributed by atoms with Crippen LogP contribution in [0.15, 0.2) is 53.6 Å². The van der Waals surface area contributed by atoms with Crippen LogP contribution in [0.4, 0.5) is 4.39 Å². The molecule has 3 aromatic rings. The first-order valence-electron chi connectivity index (χ1n) is 9.21. The lowest BCUT2D eigenvalue weighted by Crippen LogP contribution is -2.24. The van der Waals surface area contributed by atoms with E-state index in [0.29, 0.717) is 34.5 Å². The van der Waals surface area contributed by atoms with Gasteiger partial charge in [-0.1, -0.05) is 36.0 Å². The van der Waals surface area contributed by atoms with Gasteiger partial charge in [-0.05, 0) is 31.2 Å². The molecule has 30 heavy (non-hydrogen) atoms. The summed E-state index contributed by atoms with van der Waals surface area (Å²) in [6.45, 7) is 2.15. The van der Waals surface area contributed by atoms with E-state index < -0.39 is 0 Å². The number of halogens is 1. The summed E-state index contributed by atoms with van der Waals surface area (Å²) in [6.07, 6.45) is 0. The third kappa shape index (κ3) is 5.48. The van der Waals surface area contributed by atoms with Crippen LogP contribution in [0.2, 0.25) is 0 Å². The summed E-state index contributed by atoms with van der Waals surface area (Å²) in [5, 5.41) is 3.52. The van der Waals surface area contributed by atoms with E-state index >= 15 is 0 Å². The van der Waals surface area contributed by atoms with Gasteiger partial charge in [0, 0.05) is 23.4 Å². The van der Waals surface area contributed by atoms with Crippen molar-refractivity contribution in [2.24, 2.45) is 0 Å². The Morgan fingerprint density at radius 3 is 2.63 bits per heavy atom. The molecule has 3 rings (SSSR count). The molecule has 0 aliphatic carbocycles. The Balaban J connectivity index is 1.63. The number of rotatable bonds is 8. The molecule has 8 heteroatoms. The number of carbonyl (C=O) groups excluding carboxylic acids is 1. The first kappa shape index (κ1) is 21.6. The van der Waals surface area contributed by atoms with E-state index in [1.807, 2.05) is 19.1 Å². The summed E-state index contributed by atoms with van der Waals surface area (Å²) in [7, 11) is 3.13. The second-order valence-corrected chi connectivity index (χ2v) is 7.40. The van der Waals surface area contributed by atoms with Crippen LogP contribution in [0.3, 0.4) is 0 Å². The van der Waals surface area contributed by atoms with Crippen LogP contribution in [0.5, 0.6) is 11.5 Å². The van der Waals surface area contributed by atoms with Gasteiger partial charge < -0.3 is 14.8 Å². The van der Waals surface area contributed by atoms with Crippen LogP contribution in [0, 0.1) is 12.7 Å². The van der Waals surface area contributed by atoms with Crippen LogP contribution in [0.25, 0.3) is 11.4 Å². The van der Waals surface area contributed by atoms with Crippen molar-refractivity contribution in [2.75, 3.05) is 20.0 Å². The largest absolute Gasteiger partial charge is 0.493 e. The summed E-state index contributed by atoms with van der Waals surface area (Å²) < 4.78 is 24.2. The van der Waals surface area contributed by atoms with E-state index in [-0.39, 0.29) is 17.5 Å². The molecule has 0 radical (unpaired) electrons. The number of aryl methyl sites for hydroxylation is 1. The smallest absolute Gasteiger partial charge is 0.230 e. The van der Waals surface area contributed by atoms with Crippen LogP contribution in [-0.4, -0.2) is 35.8 Å². The molecule has 1 heterocycles. The van der Waals surface area contributed by atoms with Crippen LogP contribution < -0.4 is 14.8 Å². The SMILES string of the molecule is COc1cccc(CNC(=O)CSc2cc(C)nc(-c3cccc(F)c3)n2)c1OC. The number of ether oxygens (including phenoxy) is 2. The molecule has 0 atom stereocenters. The Bertz CT molecular complexity index is 1050. The van der Waals surface area contributed by atoms with Crippen molar-refractivity contribution in [2.45, 2.75) is 18.5 Å². The summed E-state index contributed by atoms with van der Waals surface area (Å²) in [4.78, 5) is 21.2. The number of amides is 1. The molecule has 1 amide bonds. The predicted molar refractivity (Wildman–Crippen MR) is 114 cm³/mol. The Kier molecular flexibility index (Phi) is 7.24. The maximum atomic E-state index is 13.5. The highest BCUT2D eigenvalue weighted by atomic mass is 32.2. The van der Waals surface area contributed by atoms with E-state index in [1.54, 1.807) is 38.5 Å². The van der Waals surface area contributed by atoms with Crippen molar-refractivity contribution in [3.05, 3.63) is 65.6 Å². The molecule has 0 aliphatic heterocycles. The van der Waals surface area contributed by atoms with Gasteiger partial charge in [0.2, 0.25) is 5.91 Å². The second kappa shape index (κ2) is 10.1. The molecule has 0 unspecified atom stereocenters. The molecular formula is C22H22FN3O3S. The number of hydrogen-bond donors (Lipinski definition) is 1. The number of hydrogen-bond acceptors (Lipinski definition) is 6. The Morgan fingerprint density at radius 1 is 1.10 bits per heavy atom. The fraction of sp³-hybridized carbons (Fsp3) is 0.227. The standard InChI is InChI=1S/C22H22FN3O3S/c1-14-10-20(26-22(25-14)15-6-4-8-17(23)11-15)30-13-19(27)24-12-16-7-5-9-18(28-2)21(16)29-3/h4-11H,12-13H2,1-3H3,(H,24,27). The Hall–Kier alpha value is -3.13. The highest BCUT2D eigenvalue weighted by Gasteiger charge is 2.12. The first-order chi connectivity index (χ1) is 14.5. The van der Waals surface area contributed by atoms with Gasteiger partial charge in [0.25, 0.3) is 0 Å². The average molecular weight is 428 g/mol. The third-order valence-corrected chi connectivity index (χ3v) is 5.14. The highest BCUT2D eigenvalue weighted by Crippen LogP contribution is 2.30. The maximum absolute atomic E-state index is 13.5. The van der Waals surface area contributed by atoms with Crippen LogP contribution in [-0.2, 0) is 11.3 Å². The van der Waals surface area contributed by atoms with E-state index in [0.717, 1.165) is 11.3 Å². The van der Waals surface area contributed by atoms with Gasteiger partial charge in [-0.15, -0.1) is 0 Å². The van der Waals surface area contributed by atoms with Gasteiger partial charge in [-0.25, -0.2) is 14.4 Å². The molecule has 2 aromatic carbocycles. The highest BCUT2D eigenvalue weighted by molar-refractivity contribution is 7.99. The number of thioether (sulfide) groups is 1. The lowest BCUT2D eigenvalue weighted by atomic mass is 10.2. The van der Waals surface area contributed by atoms with Crippen molar-refractivity contribution in [1.29, 1.82) is 0 Å². The van der Waals surface area contributed by atoms with Gasteiger partial charge in [-0.2, -0.15) is 0 Å². The van der Waals surface area contributed by atoms with E-state index in [1.165, 1.54) is 23.9 Å². The van der Waals surface area contributed by atoms with Crippen molar-refractivity contribution in [3.8, 4) is 22.9 Å². The van der Waals surface area contributed by atoms with Crippen molar-refractivity contribution in [1.82, 2.24) is 15.3 Å². The summed E-state index contributed by atoms with van der Waals surface area (Å²) >= 11 is 1.30. The molecule has 1 aromatic heterocycles. The zero-order chi connectivity index (χ0) is 21.5. The minimum absolute atomic E-state index is 0.145. The van der Waals surface area contributed by atoms with E-state index in [4.69, 9.17) is 9.47 Å². The number of nitrogens with one attached hydrogen (secondary N) is 1. The summed E-state index contributed by atoms with van der Waals surface area (Å²) in [5.74, 6) is 1.33. The predicted octanol–water partition coefficient (Wildman–Crippen LogP) is 4.02. The lowest BCUT2D eigenvalue weighted by Gasteiger charge is -2.13. The number of benzene rings is 2. The van der Waals surface area contributed by atoms with Crippen LogP contribution >= 0.6 is 11.8 Å².